The predicted octanol–water partition coefficient (Wildman–Crippen LogP) is 1.66. The van der Waals surface area contributed by atoms with Gasteiger partial charge in [0, 0.05) is 5.70 Å². The number of nitrogens with zero attached hydrogens (tertiary/aromatic N) is 4. The molecule has 1 aliphatic rings. The van der Waals surface area contributed by atoms with Gasteiger partial charge in [-0.25, -0.2) is 9.18 Å². The van der Waals surface area contributed by atoms with Crippen molar-refractivity contribution in [1.82, 2.24) is 20.2 Å². The zero-order valence-electron chi connectivity index (χ0n) is 12.1. The van der Waals surface area contributed by atoms with Crippen molar-refractivity contribution in [2.45, 2.75) is 19.4 Å². The molecule has 1 N–H and O–H groups in total. The predicted molar refractivity (Wildman–Crippen MR) is 75.3 cm³/mol. The van der Waals surface area contributed by atoms with E-state index in [1.807, 2.05) is 6.92 Å². The molecule has 0 spiro atoms. The highest BCUT2D eigenvalue weighted by molar-refractivity contribution is 5.92. The van der Waals surface area contributed by atoms with E-state index in [0.717, 1.165) is 0 Å². The van der Waals surface area contributed by atoms with Gasteiger partial charge >= 0.3 is 5.97 Å². The summed E-state index contributed by atoms with van der Waals surface area (Å²) >= 11 is 0. The molecule has 0 radical (unpaired) electrons. The topological polar surface area (TPSA) is 81.9 Å². The van der Waals surface area contributed by atoms with Gasteiger partial charge in [-0.15, -0.1) is 0 Å². The van der Waals surface area contributed by atoms with Crippen LogP contribution in [0.25, 0.3) is 0 Å². The number of methoxy groups -OCH3 is 1. The third kappa shape index (κ3) is 2.22. The SMILES string of the molecule is CCC1=C(C(=O)OC)[C@@H](c2ccc(F)cc2)n2nnnc2N1. The monoisotopic (exact) mass is 303 g/mol. The molecule has 1 aromatic carbocycles. The van der Waals surface area contributed by atoms with Crippen LogP contribution in [0.1, 0.15) is 24.9 Å². The zero-order chi connectivity index (χ0) is 15.7. The fourth-order valence-corrected chi connectivity index (χ4v) is 2.52. The van der Waals surface area contributed by atoms with Crippen LogP contribution in [-0.4, -0.2) is 33.3 Å². The Hall–Kier alpha value is -2.77. The number of carbonyl (C=O) groups is 1. The standard InChI is InChI=1S/C14H14FN5O2/c1-3-10-11(13(21)22-2)12(8-4-6-9(15)7-5-8)20-14(16-10)17-18-19-20/h4-7,12H,3H2,1-2H3,(H,16,17,19)/t12-/m1/s1. The van der Waals surface area contributed by atoms with Crippen LogP contribution in [-0.2, 0) is 9.53 Å². The normalized spacial score (nSPS) is 17.0. The molecule has 3 rings (SSSR count). The van der Waals surface area contributed by atoms with Gasteiger partial charge in [-0.1, -0.05) is 24.2 Å². The van der Waals surface area contributed by atoms with E-state index in [9.17, 15) is 9.18 Å². The van der Waals surface area contributed by atoms with Crippen molar-refractivity contribution in [2.75, 3.05) is 12.4 Å². The van der Waals surface area contributed by atoms with E-state index in [2.05, 4.69) is 20.8 Å². The van der Waals surface area contributed by atoms with E-state index >= 15 is 0 Å². The highest BCUT2D eigenvalue weighted by Crippen LogP contribution is 2.35. The number of esters is 1. The maximum absolute atomic E-state index is 13.2. The Morgan fingerprint density at radius 2 is 2.14 bits per heavy atom. The average Bonchev–Trinajstić information content (AvgIpc) is 3.01. The van der Waals surface area contributed by atoms with Gasteiger partial charge in [0.1, 0.15) is 11.9 Å². The number of ether oxygens (including phenoxy) is 1. The molecule has 2 heterocycles. The number of carbonyl (C=O) groups excluding carboxylic acids is 1. The minimum absolute atomic E-state index is 0.353. The van der Waals surface area contributed by atoms with Crippen LogP contribution in [0, 0.1) is 5.82 Å². The first-order chi connectivity index (χ1) is 10.7. The number of hydrogen-bond acceptors (Lipinski definition) is 6. The van der Waals surface area contributed by atoms with Crippen LogP contribution < -0.4 is 5.32 Å². The number of allylic oxidation sites excluding steroid dienone is 1. The van der Waals surface area contributed by atoms with E-state index in [4.69, 9.17) is 4.74 Å². The molecule has 7 nitrogen and oxygen atoms in total. The molecule has 0 saturated heterocycles. The first-order valence-electron chi connectivity index (χ1n) is 6.77. The Morgan fingerprint density at radius 3 is 2.77 bits per heavy atom. The third-order valence-corrected chi connectivity index (χ3v) is 3.54. The second kappa shape index (κ2) is 5.55. The molecule has 0 unspecified atom stereocenters. The van der Waals surface area contributed by atoms with Crippen molar-refractivity contribution in [1.29, 1.82) is 0 Å². The van der Waals surface area contributed by atoms with Crippen LogP contribution in [0.3, 0.4) is 0 Å². The summed E-state index contributed by atoms with van der Waals surface area (Å²) in [5.74, 6) is -0.396. The lowest BCUT2D eigenvalue weighted by Crippen LogP contribution is -2.30. The van der Waals surface area contributed by atoms with E-state index in [0.29, 0.717) is 29.2 Å². The van der Waals surface area contributed by atoms with Gasteiger partial charge in [-0.3, -0.25) is 0 Å². The van der Waals surface area contributed by atoms with E-state index in [-0.39, 0.29) is 5.82 Å². The Balaban J connectivity index is 2.19. The summed E-state index contributed by atoms with van der Waals surface area (Å²) in [5.41, 5.74) is 1.79. The molecule has 8 heteroatoms. The van der Waals surface area contributed by atoms with Gasteiger partial charge in [-0.05, 0) is 34.5 Å². The summed E-state index contributed by atoms with van der Waals surface area (Å²) in [6.45, 7) is 1.91. The molecule has 114 valence electrons. The van der Waals surface area contributed by atoms with E-state index in [1.165, 1.54) is 23.9 Å². The minimum atomic E-state index is -0.561. The Bertz CT molecular complexity index is 738. The van der Waals surface area contributed by atoms with Crippen LogP contribution in [0.15, 0.2) is 35.5 Å². The number of aromatic nitrogens is 4. The van der Waals surface area contributed by atoms with Crippen molar-refractivity contribution >= 4 is 11.9 Å². The summed E-state index contributed by atoms with van der Waals surface area (Å²) < 4.78 is 19.6. The van der Waals surface area contributed by atoms with Gasteiger partial charge < -0.3 is 10.1 Å². The van der Waals surface area contributed by atoms with Crippen molar-refractivity contribution in [3.63, 3.8) is 0 Å². The minimum Gasteiger partial charge on any atom is -0.466 e. The molecule has 0 aliphatic carbocycles. The maximum atomic E-state index is 13.2. The lowest BCUT2D eigenvalue weighted by molar-refractivity contribution is -0.136. The highest BCUT2D eigenvalue weighted by atomic mass is 19.1. The molecule has 2 aromatic rings. The van der Waals surface area contributed by atoms with Crippen LogP contribution in [0.4, 0.5) is 10.3 Å². The number of anilines is 1. The smallest absolute Gasteiger partial charge is 0.338 e. The Kier molecular flexibility index (Phi) is 3.58. The maximum Gasteiger partial charge on any atom is 0.338 e. The average molecular weight is 303 g/mol. The van der Waals surface area contributed by atoms with Gasteiger partial charge in [0.25, 0.3) is 0 Å². The van der Waals surface area contributed by atoms with E-state index < -0.39 is 12.0 Å². The van der Waals surface area contributed by atoms with E-state index in [1.54, 1.807) is 12.1 Å². The summed E-state index contributed by atoms with van der Waals surface area (Å²) in [7, 11) is 1.32. The largest absolute Gasteiger partial charge is 0.466 e. The molecule has 1 aromatic heterocycles. The van der Waals surface area contributed by atoms with Crippen LogP contribution >= 0.6 is 0 Å². The van der Waals surface area contributed by atoms with Crippen molar-refractivity contribution in [3.05, 3.63) is 46.9 Å². The fourth-order valence-electron chi connectivity index (χ4n) is 2.52. The molecule has 0 fully saturated rings. The summed E-state index contributed by atoms with van der Waals surface area (Å²) in [6.07, 6.45) is 0.578. The van der Waals surface area contributed by atoms with Crippen molar-refractivity contribution in [2.24, 2.45) is 0 Å². The second-order valence-corrected chi connectivity index (χ2v) is 4.76. The first-order valence-corrected chi connectivity index (χ1v) is 6.77. The van der Waals surface area contributed by atoms with Crippen LogP contribution in [0.2, 0.25) is 0 Å². The molecular formula is C14H14FN5O2. The number of rotatable bonds is 3. The first kappa shape index (κ1) is 14.2. The molecule has 1 atom stereocenters. The zero-order valence-corrected chi connectivity index (χ0v) is 12.1. The number of nitrogens with one attached hydrogen (secondary N) is 1. The quantitative estimate of drug-likeness (QED) is 0.869. The van der Waals surface area contributed by atoms with Crippen molar-refractivity contribution in [3.8, 4) is 0 Å². The third-order valence-electron chi connectivity index (χ3n) is 3.54. The Labute approximate surface area is 125 Å². The van der Waals surface area contributed by atoms with Gasteiger partial charge in [0.15, 0.2) is 0 Å². The fraction of sp³-hybridized carbons (Fsp3) is 0.286. The van der Waals surface area contributed by atoms with Gasteiger partial charge in [-0.2, -0.15) is 4.68 Å². The summed E-state index contributed by atoms with van der Waals surface area (Å²) in [5, 5.41) is 14.5. The van der Waals surface area contributed by atoms with Crippen molar-refractivity contribution < 1.29 is 13.9 Å². The number of fused-ring (bicyclic) bond motifs is 1. The Morgan fingerprint density at radius 1 is 1.41 bits per heavy atom. The van der Waals surface area contributed by atoms with Gasteiger partial charge in [0.2, 0.25) is 5.95 Å². The number of tetrazole rings is 1. The molecule has 22 heavy (non-hydrogen) atoms. The lowest BCUT2D eigenvalue weighted by Gasteiger charge is -2.28. The second-order valence-electron chi connectivity index (χ2n) is 4.76. The van der Waals surface area contributed by atoms with Gasteiger partial charge in [0.05, 0.1) is 12.7 Å². The molecular weight excluding hydrogens is 289 g/mol. The molecule has 0 saturated carbocycles. The lowest BCUT2D eigenvalue weighted by atomic mass is 9.94. The van der Waals surface area contributed by atoms with Crippen LogP contribution in [0.5, 0.6) is 0 Å². The highest BCUT2D eigenvalue weighted by Gasteiger charge is 2.35. The molecule has 0 bridgehead atoms. The number of benzene rings is 1. The molecule has 0 amide bonds. The summed E-state index contributed by atoms with van der Waals surface area (Å²) in [6, 6.07) is 5.32. The number of halogens is 1. The summed E-state index contributed by atoms with van der Waals surface area (Å²) in [4.78, 5) is 12.2. The number of hydrogen-bond donors (Lipinski definition) is 1. The molecule has 1 aliphatic heterocycles.